The van der Waals surface area contributed by atoms with Crippen molar-refractivity contribution in [3.63, 3.8) is 0 Å². The minimum atomic E-state index is -0.739. The molecular formula is C9H17NO. The molecule has 0 aromatic rings. The van der Waals surface area contributed by atoms with Crippen LogP contribution >= 0.6 is 0 Å². The Morgan fingerprint density at radius 2 is 1.91 bits per heavy atom. The van der Waals surface area contributed by atoms with Crippen molar-refractivity contribution in [1.82, 2.24) is 0 Å². The lowest BCUT2D eigenvalue weighted by Gasteiger charge is -2.00. The SMILES string of the molecule is CCCCCCC[C@@H](O)C#N. The van der Waals surface area contributed by atoms with Crippen molar-refractivity contribution in [2.75, 3.05) is 0 Å². The van der Waals surface area contributed by atoms with Crippen molar-refractivity contribution in [2.24, 2.45) is 0 Å². The van der Waals surface area contributed by atoms with Gasteiger partial charge in [0.25, 0.3) is 0 Å². The second kappa shape index (κ2) is 7.56. The number of hydrogen-bond donors (Lipinski definition) is 1. The summed E-state index contributed by atoms with van der Waals surface area (Å²) in [5, 5.41) is 17.1. The fraction of sp³-hybridized carbons (Fsp3) is 0.889. The van der Waals surface area contributed by atoms with Crippen LogP contribution in [0.5, 0.6) is 0 Å². The normalized spacial score (nSPS) is 12.5. The molecule has 1 N–H and O–H groups in total. The molecule has 0 saturated carbocycles. The molecule has 2 heteroatoms. The summed E-state index contributed by atoms with van der Waals surface area (Å²) < 4.78 is 0. The minimum absolute atomic E-state index is 0.639. The zero-order valence-electron chi connectivity index (χ0n) is 7.21. The summed E-state index contributed by atoms with van der Waals surface area (Å²) in [6.45, 7) is 2.17. The van der Waals surface area contributed by atoms with E-state index in [0.717, 1.165) is 12.8 Å². The average molecular weight is 155 g/mol. The Bertz CT molecular complexity index is 117. The first-order chi connectivity index (χ1) is 5.31. The summed E-state index contributed by atoms with van der Waals surface area (Å²) in [6, 6.07) is 1.81. The van der Waals surface area contributed by atoms with E-state index in [1.807, 2.05) is 6.07 Å². The Labute approximate surface area is 68.8 Å². The van der Waals surface area contributed by atoms with Gasteiger partial charge in [-0.3, -0.25) is 0 Å². The van der Waals surface area contributed by atoms with Gasteiger partial charge in [0.05, 0.1) is 6.07 Å². The first-order valence-electron chi connectivity index (χ1n) is 4.39. The molecule has 0 bridgehead atoms. The van der Waals surface area contributed by atoms with Gasteiger partial charge in [-0.25, -0.2) is 0 Å². The lowest BCUT2D eigenvalue weighted by molar-refractivity contribution is 0.215. The standard InChI is InChI=1S/C9H17NO/c1-2-3-4-5-6-7-9(11)8-10/h9,11H,2-7H2,1H3/t9-/m1/s1. The fourth-order valence-electron chi connectivity index (χ4n) is 1.01. The summed E-state index contributed by atoms with van der Waals surface area (Å²) in [5.41, 5.74) is 0. The fourth-order valence-corrected chi connectivity index (χ4v) is 1.01. The molecule has 0 unspecified atom stereocenters. The van der Waals surface area contributed by atoms with Crippen LogP contribution in [-0.2, 0) is 0 Å². The van der Waals surface area contributed by atoms with Gasteiger partial charge in [0.15, 0.2) is 0 Å². The Balaban J connectivity index is 2.97. The van der Waals surface area contributed by atoms with Gasteiger partial charge in [-0.05, 0) is 12.8 Å². The molecule has 0 aliphatic rings. The third-order valence-electron chi connectivity index (χ3n) is 1.73. The largest absolute Gasteiger partial charge is 0.378 e. The molecule has 11 heavy (non-hydrogen) atoms. The molecule has 0 amide bonds. The molecule has 0 aromatic carbocycles. The highest BCUT2D eigenvalue weighted by molar-refractivity contribution is 4.81. The van der Waals surface area contributed by atoms with E-state index in [4.69, 9.17) is 10.4 Å². The van der Waals surface area contributed by atoms with E-state index in [9.17, 15) is 0 Å². The Hall–Kier alpha value is -0.550. The quantitative estimate of drug-likeness (QED) is 0.472. The van der Waals surface area contributed by atoms with Crippen molar-refractivity contribution < 1.29 is 5.11 Å². The van der Waals surface area contributed by atoms with E-state index in [1.165, 1.54) is 19.3 Å². The number of unbranched alkanes of at least 4 members (excludes halogenated alkanes) is 4. The van der Waals surface area contributed by atoms with Gasteiger partial charge in [-0.2, -0.15) is 5.26 Å². The Morgan fingerprint density at radius 1 is 1.27 bits per heavy atom. The molecule has 64 valence electrons. The van der Waals surface area contributed by atoms with Gasteiger partial charge >= 0.3 is 0 Å². The van der Waals surface area contributed by atoms with Crippen molar-refractivity contribution in [2.45, 2.75) is 51.6 Å². The zero-order chi connectivity index (χ0) is 8.53. The first-order valence-corrected chi connectivity index (χ1v) is 4.39. The number of nitrogens with zero attached hydrogens (tertiary/aromatic N) is 1. The highest BCUT2D eigenvalue weighted by atomic mass is 16.3. The van der Waals surface area contributed by atoms with Crippen LogP contribution in [0.1, 0.15) is 45.4 Å². The van der Waals surface area contributed by atoms with Gasteiger partial charge in [0.2, 0.25) is 0 Å². The van der Waals surface area contributed by atoms with E-state index in [0.29, 0.717) is 6.42 Å². The van der Waals surface area contributed by atoms with E-state index in [-0.39, 0.29) is 0 Å². The number of rotatable bonds is 6. The molecule has 0 aliphatic heterocycles. The predicted molar refractivity (Wildman–Crippen MR) is 45.0 cm³/mol. The highest BCUT2D eigenvalue weighted by Gasteiger charge is 1.99. The maximum absolute atomic E-state index is 8.85. The van der Waals surface area contributed by atoms with Crippen molar-refractivity contribution in [1.29, 1.82) is 5.26 Å². The number of aliphatic hydroxyl groups is 1. The topological polar surface area (TPSA) is 44.0 Å². The van der Waals surface area contributed by atoms with Crippen molar-refractivity contribution in [3.8, 4) is 6.07 Å². The molecule has 0 heterocycles. The van der Waals surface area contributed by atoms with Gasteiger partial charge in [0, 0.05) is 0 Å². The lowest BCUT2D eigenvalue weighted by atomic mass is 10.1. The molecule has 1 atom stereocenters. The zero-order valence-corrected chi connectivity index (χ0v) is 7.21. The van der Waals surface area contributed by atoms with Crippen molar-refractivity contribution in [3.05, 3.63) is 0 Å². The van der Waals surface area contributed by atoms with Crippen LogP contribution in [0.3, 0.4) is 0 Å². The van der Waals surface area contributed by atoms with E-state index in [1.54, 1.807) is 0 Å². The number of hydrogen-bond acceptors (Lipinski definition) is 2. The van der Waals surface area contributed by atoms with Crippen LogP contribution in [0, 0.1) is 11.3 Å². The van der Waals surface area contributed by atoms with Crippen LogP contribution in [0.15, 0.2) is 0 Å². The molecular weight excluding hydrogens is 138 g/mol. The summed E-state index contributed by atoms with van der Waals surface area (Å²) >= 11 is 0. The van der Waals surface area contributed by atoms with Crippen LogP contribution in [0.2, 0.25) is 0 Å². The summed E-state index contributed by atoms with van der Waals surface area (Å²) in [7, 11) is 0. The van der Waals surface area contributed by atoms with Crippen LogP contribution in [-0.4, -0.2) is 11.2 Å². The average Bonchev–Trinajstić information content (AvgIpc) is 2.04. The third-order valence-corrected chi connectivity index (χ3v) is 1.73. The van der Waals surface area contributed by atoms with Gasteiger partial charge in [0.1, 0.15) is 6.10 Å². The molecule has 0 saturated heterocycles. The first kappa shape index (κ1) is 10.4. The van der Waals surface area contributed by atoms with Crippen molar-refractivity contribution >= 4 is 0 Å². The predicted octanol–water partition coefficient (Wildman–Crippen LogP) is 2.23. The smallest absolute Gasteiger partial charge is 0.140 e. The third kappa shape index (κ3) is 7.35. The molecule has 0 aromatic heterocycles. The number of nitriles is 1. The Morgan fingerprint density at radius 3 is 2.45 bits per heavy atom. The molecule has 0 spiro atoms. The highest BCUT2D eigenvalue weighted by Crippen LogP contribution is 2.06. The second-order valence-corrected chi connectivity index (χ2v) is 2.85. The Kier molecular flexibility index (Phi) is 7.18. The molecule has 2 nitrogen and oxygen atoms in total. The van der Waals surface area contributed by atoms with E-state index < -0.39 is 6.10 Å². The molecule has 0 radical (unpaired) electrons. The maximum Gasteiger partial charge on any atom is 0.140 e. The van der Waals surface area contributed by atoms with Gasteiger partial charge < -0.3 is 5.11 Å². The van der Waals surface area contributed by atoms with Crippen LogP contribution < -0.4 is 0 Å². The molecule has 0 fully saturated rings. The molecule has 0 rings (SSSR count). The lowest BCUT2D eigenvalue weighted by Crippen LogP contribution is -2.01. The van der Waals surface area contributed by atoms with Gasteiger partial charge in [-0.15, -0.1) is 0 Å². The van der Waals surface area contributed by atoms with Crippen LogP contribution in [0.4, 0.5) is 0 Å². The molecule has 0 aliphatic carbocycles. The van der Waals surface area contributed by atoms with E-state index in [2.05, 4.69) is 6.92 Å². The minimum Gasteiger partial charge on any atom is -0.378 e. The summed E-state index contributed by atoms with van der Waals surface area (Å²) in [4.78, 5) is 0. The summed E-state index contributed by atoms with van der Waals surface area (Å²) in [5.74, 6) is 0. The monoisotopic (exact) mass is 155 g/mol. The second-order valence-electron chi connectivity index (χ2n) is 2.85. The summed E-state index contributed by atoms with van der Waals surface area (Å²) in [6.07, 6.45) is 5.76. The van der Waals surface area contributed by atoms with Gasteiger partial charge in [-0.1, -0.05) is 32.6 Å². The van der Waals surface area contributed by atoms with E-state index >= 15 is 0 Å². The van der Waals surface area contributed by atoms with Crippen LogP contribution in [0.25, 0.3) is 0 Å². The maximum atomic E-state index is 8.85. The number of aliphatic hydroxyl groups excluding tert-OH is 1.